The Morgan fingerprint density at radius 2 is 1.57 bits per heavy atom. The molecule has 3 heteroatoms. The summed E-state index contributed by atoms with van der Waals surface area (Å²) in [5, 5.41) is 0. The van der Waals surface area contributed by atoms with Crippen molar-refractivity contribution in [2.45, 2.75) is 40.7 Å². The minimum atomic E-state index is -2.14. The Balaban J connectivity index is 4.56. The van der Waals surface area contributed by atoms with E-state index in [2.05, 4.69) is 27.4 Å². The van der Waals surface area contributed by atoms with Gasteiger partial charge in [-0.25, -0.2) is 0 Å². The fraction of sp³-hybridized carbons (Fsp3) is 0.818. The van der Waals surface area contributed by atoms with E-state index in [4.69, 9.17) is 8.85 Å². The maximum atomic E-state index is 5.79. The molecular weight excluding hydrogens is 192 g/mol. The van der Waals surface area contributed by atoms with Crippen molar-refractivity contribution in [3.05, 3.63) is 12.3 Å². The fourth-order valence-corrected chi connectivity index (χ4v) is 4.68. The number of hydrogen-bond donors (Lipinski definition) is 0. The van der Waals surface area contributed by atoms with Gasteiger partial charge in [0, 0.05) is 13.2 Å². The van der Waals surface area contributed by atoms with E-state index < -0.39 is 8.56 Å². The van der Waals surface area contributed by atoms with Crippen LogP contribution in [0, 0.1) is 5.41 Å². The molecule has 0 fully saturated rings. The van der Waals surface area contributed by atoms with Crippen LogP contribution in [0.1, 0.15) is 34.6 Å². The molecule has 14 heavy (non-hydrogen) atoms. The molecule has 84 valence electrons. The van der Waals surface area contributed by atoms with Crippen LogP contribution >= 0.6 is 0 Å². The maximum absolute atomic E-state index is 5.79. The minimum Gasteiger partial charge on any atom is -0.392 e. The lowest BCUT2D eigenvalue weighted by atomic mass is 10.0. The van der Waals surface area contributed by atoms with Crippen LogP contribution in [0.15, 0.2) is 12.3 Å². The zero-order valence-corrected chi connectivity index (χ0v) is 11.2. The van der Waals surface area contributed by atoms with Gasteiger partial charge in [0.25, 0.3) is 0 Å². The predicted octanol–water partition coefficient (Wildman–Crippen LogP) is 3.27. The summed E-state index contributed by atoms with van der Waals surface area (Å²) in [7, 11) is -2.14. The molecule has 0 aromatic carbocycles. The third kappa shape index (κ3) is 4.93. The van der Waals surface area contributed by atoms with Crippen molar-refractivity contribution >= 4 is 8.56 Å². The smallest absolute Gasteiger partial charge is 0.364 e. The topological polar surface area (TPSA) is 18.5 Å². The average Bonchev–Trinajstić information content (AvgIpc) is 2.02. The average molecular weight is 216 g/mol. The lowest BCUT2D eigenvalue weighted by Gasteiger charge is -2.32. The highest BCUT2D eigenvalue weighted by Gasteiger charge is 2.38. The highest BCUT2D eigenvalue weighted by atomic mass is 28.4. The van der Waals surface area contributed by atoms with Crippen molar-refractivity contribution in [1.82, 2.24) is 0 Å². The summed E-state index contributed by atoms with van der Waals surface area (Å²) in [5.41, 5.74) is 2.13. The molecule has 0 aliphatic heterocycles. The molecule has 2 nitrogen and oxygen atoms in total. The molecule has 0 rings (SSSR count). The van der Waals surface area contributed by atoms with E-state index in [-0.39, 0.29) is 5.41 Å². The summed E-state index contributed by atoms with van der Waals surface area (Å²) in [4.78, 5) is 0. The van der Waals surface area contributed by atoms with Crippen LogP contribution in [-0.4, -0.2) is 21.8 Å². The largest absolute Gasteiger partial charge is 0.392 e. The molecule has 0 heterocycles. The van der Waals surface area contributed by atoms with Crippen LogP contribution in [0.3, 0.4) is 0 Å². The van der Waals surface area contributed by atoms with Crippen LogP contribution < -0.4 is 0 Å². The van der Waals surface area contributed by atoms with E-state index in [1.807, 2.05) is 19.5 Å². The molecule has 0 atom stereocenters. The van der Waals surface area contributed by atoms with Gasteiger partial charge in [0.1, 0.15) is 0 Å². The van der Waals surface area contributed by atoms with Gasteiger partial charge >= 0.3 is 8.56 Å². The zero-order valence-electron chi connectivity index (χ0n) is 10.2. The lowest BCUT2D eigenvalue weighted by molar-refractivity contribution is 0.183. The van der Waals surface area contributed by atoms with E-state index in [0.29, 0.717) is 13.2 Å². The molecule has 0 amide bonds. The van der Waals surface area contributed by atoms with Gasteiger partial charge in [-0.1, -0.05) is 20.8 Å². The normalized spacial score (nSPS) is 12.9. The molecule has 0 bridgehead atoms. The van der Waals surface area contributed by atoms with Crippen molar-refractivity contribution in [3.63, 3.8) is 0 Å². The molecule has 0 spiro atoms. The molecular formula is C11H24O2Si. The Bertz CT molecular complexity index is 167. The third-order valence-corrected chi connectivity index (χ3v) is 5.60. The second-order valence-electron chi connectivity index (χ2n) is 4.62. The first kappa shape index (κ1) is 13.9. The van der Waals surface area contributed by atoms with E-state index in [0.717, 1.165) is 6.04 Å². The maximum Gasteiger partial charge on any atom is 0.364 e. The van der Waals surface area contributed by atoms with E-state index in [1.165, 1.54) is 0 Å². The Morgan fingerprint density at radius 3 is 1.79 bits per heavy atom. The van der Waals surface area contributed by atoms with Gasteiger partial charge in [-0.2, -0.15) is 0 Å². The van der Waals surface area contributed by atoms with Crippen molar-refractivity contribution in [3.8, 4) is 0 Å². The summed E-state index contributed by atoms with van der Waals surface area (Å²) < 4.78 is 11.6. The molecule has 0 saturated carbocycles. The van der Waals surface area contributed by atoms with E-state index in [9.17, 15) is 0 Å². The second kappa shape index (κ2) is 5.68. The lowest BCUT2D eigenvalue weighted by Crippen LogP contribution is -2.43. The van der Waals surface area contributed by atoms with Gasteiger partial charge in [-0.15, -0.1) is 6.58 Å². The molecule has 0 unspecified atom stereocenters. The monoisotopic (exact) mass is 216 g/mol. The molecule has 0 N–H and O–H groups in total. The van der Waals surface area contributed by atoms with Crippen LogP contribution in [0.2, 0.25) is 6.04 Å². The molecule has 0 aromatic heterocycles. The van der Waals surface area contributed by atoms with Gasteiger partial charge in [0.15, 0.2) is 0 Å². The number of rotatable bonds is 6. The van der Waals surface area contributed by atoms with Gasteiger partial charge < -0.3 is 8.85 Å². The van der Waals surface area contributed by atoms with Crippen molar-refractivity contribution < 1.29 is 8.85 Å². The fourth-order valence-electron chi connectivity index (χ4n) is 1.56. The molecule has 0 aliphatic carbocycles. The molecule has 0 aromatic rings. The first-order valence-corrected chi connectivity index (χ1v) is 7.40. The zero-order chi connectivity index (χ0) is 11.2. The minimum absolute atomic E-state index is 0.227. The SMILES string of the molecule is C=C[Si](CC(C)(C)C)(OCC)OCC. The summed E-state index contributed by atoms with van der Waals surface area (Å²) in [6.45, 7) is 15.9. The van der Waals surface area contributed by atoms with Gasteiger partial charge in [0.2, 0.25) is 0 Å². The van der Waals surface area contributed by atoms with Gasteiger partial charge in [0.05, 0.1) is 0 Å². The standard InChI is InChI=1S/C11H24O2Si/c1-7-12-14(9-3,13-8-2)10-11(4,5)6/h9H,3,7-8,10H2,1-2,4-6H3. The Morgan fingerprint density at radius 1 is 1.14 bits per heavy atom. The third-order valence-electron chi connectivity index (χ3n) is 1.87. The number of hydrogen-bond acceptors (Lipinski definition) is 2. The van der Waals surface area contributed by atoms with Crippen LogP contribution in [0.4, 0.5) is 0 Å². The summed E-state index contributed by atoms with van der Waals surface area (Å²) in [6, 6.07) is 0.963. The van der Waals surface area contributed by atoms with Crippen molar-refractivity contribution in [2.24, 2.45) is 5.41 Å². The second-order valence-corrected chi connectivity index (χ2v) is 7.58. The van der Waals surface area contributed by atoms with Gasteiger partial charge in [-0.3, -0.25) is 0 Å². The van der Waals surface area contributed by atoms with E-state index >= 15 is 0 Å². The summed E-state index contributed by atoms with van der Waals surface area (Å²) in [5.74, 6) is 0. The Kier molecular flexibility index (Phi) is 5.63. The first-order chi connectivity index (χ1) is 6.39. The van der Waals surface area contributed by atoms with Crippen molar-refractivity contribution in [2.75, 3.05) is 13.2 Å². The highest BCUT2D eigenvalue weighted by molar-refractivity contribution is 6.72. The summed E-state index contributed by atoms with van der Waals surface area (Å²) in [6.07, 6.45) is 0. The highest BCUT2D eigenvalue weighted by Crippen LogP contribution is 2.29. The Hall–Kier alpha value is -0.123. The van der Waals surface area contributed by atoms with Crippen molar-refractivity contribution in [1.29, 1.82) is 0 Å². The van der Waals surface area contributed by atoms with Crippen LogP contribution in [0.5, 0.6) is 0 Å². The van der Waals surface area contributed by atoms with Crippen LogP contribution in [0.25, 0.3) is 0 Å². The first-order valence-electron chi connectivity index (χ1n) is 5.30. The molecule has 0 saturated heterocycles. The van der Waals surface area contributed by atoms with E-state index in [1.54, 1.807) is 0 Å². The Labute approximate surface area is 89.6 Å². The molecule has 0 radical (unpaired) electrons. The quantitative estimate of drug-likeness (QED) is 0.634. The predicted molar refractivity (Wildman–Crippen MR) is 63.5 cm³/mol. The van der Waals surface area contributed by atoms with Gasteiger partial charge in [-0.05, 0) is 31.0 Å². The van der Waals surface area contributed by atoms with Crippen LogP contribution in [-0.2, 0) is 8.85 Å². The molecule has 0 aliphatic rings. The summed E-state index contributed by atoms with van der Waals surface area (Å²) >= 11 is 0.